The Kier molecular flexibility index (Phi) is 26.2. The van der Waals surface area contributed by atoms with E-state index in [2.05, 4.69) is 0 Å². The number of hydrogen-bond acceptors (Lipinski definition) is 3. The van der Waals surface area contributed by atoms with E-state index in [1.165, 1.54) is 0 Å². The molecular formula is C7H21NO2. The zero-order chi connectivity index (χ0) is 6.24. The Morgan fingerprint density at radius 2 is 1.60 bits per heavy atom. The minimum absolute atomic E-state index is 0. The monoisotopic (exact) mass is 151 g/mol. The molecule has 3 nitrogen and oxygen atoms in total. The van der Waals surface area contributed by atoms with Gasteiger partial charge < -0.3 is 15.2 Å². The Balaban J connectivity index is -0.000000245. The van der Waals surface area contributed by atoms with Crippen molar-refractivity contribution in [3.8, 4) is 0 Å². The molecular weight excluding hydrogens is 130 g/mol. The van der Waals surface area contributed by atoms with Gasteiger partial charge in [-0.2, -0.15) is 0 Å². The van der Waals surface area contributed by atoms with E-state index >= 15 is 0 Å². The zero-order valence-electron chi connectivity index (χ0n) is 5.22. The van der Waals surface area contributed by atoms with E-state index in [0.29, 0.717) is 13.2 Å². The standard InChI is InChI=1S/C5H13NO2.2CH4/c1-2-7-3-4-8-5-6;;/h2-6H2,1H3;2*1H4. The molecule has 0 unspecified atom stereocenters. The largest absolute Gasteiger partial charge is 0.379 e. The SMILES string of the molecule is C.C.CCOCCOCN. The molecule has 0 bridgehead atoms. The van der Waals surface area contributed by atoms with Crippen LogP contribution in [0.1, 0.15) is 21.8 Å². The Labute approximate surface area is 64.5 Å². The molecule has 0 heterocycles. The molecule has 66 valence electrons. The predicted molar refractivity (Wildman–Crippen MR) is 45.0 cm³/mol. The van der Waals surface area contributed by atoms with Gasteiger partial charge in [0.1, 0.15) is 0 Å². The van der Waals surface area contributed by atoms with Crippen LogP contribution in [0.3, 0.4) is 0 Å². The molecule has 0 fully saturated rings. The van der Waals surface area contributed by atoms with Crippen LogP contribution in [0.5, 0.6) is 0 Å². The summed E-state index contributed by atoms with van der Waals surface area (Å²) >= 11 is 0. The summed E-state index contributed by atoms with van der Waals surface area (Å²) in [5, 5.41) is 0. The molecule has 0 aliphatic heterocycles. The summed E-state index contributed by atoms with van der Waals surface area (Å²) in [6.07, 6.45) is 0. The van der Waals surface area contributed by atoms with Gasteiger partial charge in [-0.1, -0.05) is 14.9 Å². The van der Waals surface area contributed by atoms with Crippen molar-refractivity contribution >= 4 is 0 Å². The van der Waals surface area contributed by atoms with Crippen molar-refractivity contribution in [3.63, 3.8) is 0 Å². The number of ether oxygens (including phenoxy) is 2. The van der Waals surface area contributed by atoms with Gasteiger partial charge >= 0.3 is 0 Å². The van der Waals surface area contributed by atoms with Gasteiger partial charge in [0.25, 0.3) is 0 Å². The highest BCUT2D eigenvalue weighted by Gasteiger charge is 1.81. The second-order valence-electron chi connectivity index (χ2n) is 1.27. The van der Waals surface area contributed by atoms with Gasteiger partial charge in [0.2, 0.25) is 0 Å². The molecule has 0 radical (unpaired) electrons. The molecule has 0 saturated carbocycles. The van der Waals surface area contributed by atoms with Crippen molar-refractivity contribution in [2.75, 3.05) is 26.6 Å². The van der Waals surface area contributed by atoms with Crippen LogP contribution < -0.4 is 5.73 Å². The van der Waals surface area contributed by atoms with Crippen LogP contribution in [0.15, 0.2) is 0 Å². The fraction of sp³-hybridized carbons (Fsp3) is 1.00. The summed E-state index contributed by atoms with van der Waals surface area (Å²) in [6.45, 7) is 4.22. The summed E-state index contributed by atoms with van der Waals surface area (Å²) < 4.78 is 9.74. The molecule has 0 atom stereocenters. The average Bonchev–Trinajstić information content (AvgIpc) is 1.81. The lowest BCUT2D eigenvalue weighted by Crippen LogP contribution is -2.09. The number of nitrogens with two attached hydrogens (primary N) is 1. The third-order valence-corrected chi connectivity index (χ3v) is 0.694. The Bertz CT molecular complexity index is 36.6. The van der Waals surface area contributed by atoms with E-state index in [1.54, 1.807) is 0 Å². The van der Waals surface area contributed by atoms with Crippen molar-refractivity contribution in [1.29, 1.82) is 0 Å². The summed E-state index contributed by atoms with van der Waals surface area (Å²) in [7, 11) is 0. The highest BCUT2D eigenvalue weighted by atomic mass is 16.5. The third kappa shape index (κ3) is 15.7. The van der Waals surface area contributed by atoms with Gasteiger partial charge in [0.05, 0.1) is 19.9 Å². The summed E-state index contributed by atoms with van der Waals surface area (Å²) in [5.41, 5.74) is 5.03. The lowest BCUT2D eigenvalue weighted by molar-refractivity contribution is 0.0556. The maximum Gasteiger partial charge on any atom is 0.0941 e. The number of rotatable bonds is 5. The van der Waals surface area contributed by atoms with E-state index in [-0.39, 0.29) is 21.6 Å². The Morgan fingerprint density at radius 3 is 2.00 bits per heavy atom. The molecule has 0 saturated heterocycles. The van der Waals surface area contributed by atoms with E-state index in [0.717, 1.165) is 6.61 Å². The number of hydrogen-bond donors (Lipinski definition) is 1. The van der Waals surface area contributed by atoms with Crippen LogP contribution in [0, 0.1) is 0 Å². The van der Waals surface area contributed by atoms with Gasteiger partial charge in [-0.15, -0.1) is 0 Å². The van der Waals surface area contributed by atoms with Crippen molar-refractivity contribution in [1.82, 2.24) is 0 Å². The minimum Gasteiger partial charge on any atom is -0.379 e. The van der Waals surface area contributed by atoms with Crippen LogP contribution in [0.2, 0.25) is 0 Å². The van der Waals surface area contributed by atoms with Crippen LogP contribution in [0.25, 0.3) is 0 Å². The van der Waals surface area contributed by atoms with Gasteiger partial charge in [-0.3, -0.25) is 0 Å². The molecule has 0 aliphatic carbocycles. The summed E-state index contributed by atoms with van der Waals surface area (Å²) in [5.74, 6) is 0. The van der Waals surface area contributed by atoms with Crippen LogP contribution >= 0.6 is 0 Å². The van der Waals surface area contributed by atoms with Crippen molar-refractivity contribution in [2.24, 2.45) is 5.73 Å². The van der Waals surface area contributed by atoms with Gasteiger partial charge in [0.15, 0.2) is 0 Å². The first-order chi connectivity index (χ1) is 3.91. The molecule has 10 heavy (non-hydrogen) atoms. The molecule has 0 aliphatic rings. The topological polar surface area (TPSA) is 44.5 Å². The van der Waals surface area contributed by atoms with Crippen molar-refractivity contribution < 1.29 is 9.47 Å². The van der Waals surface area contributed by atoms with E-state index in [9.17, 15) is 0 Å². The Morgan fingerprint density at radius 1 is 1.10 bits per heavy atom. The molecule has 0 aromatic heterocycles. The van der Waals surface area contributed by atoms with Crippen LogP contribution in [-0.4, -0.2) is 26.6 Å². The minimum atomic E-state index is 0. The first-order valence-electron chi connectivity index (χ1n) is 2.77. The average molecular weight is 151 g/mol. The highest BCUT2D eigenvalue weighted by Crippen LogP contribution is 1.73. The highest BCUT2D eigenvalue weighted by molar-refractivity contribution is 4.24. The van der Waals surface area contributed by atoms with E-state index < -0.39 is 0 Å². The van der Waals surface area contributed by atoms with Gasteiger partial charge in [-0.05, 0) is 6.92 Å². The van der Waals surface area contributed by atoms with Crippen LogP contribution in [0.4, 0.5) is 0 Å². The predicted octanol–water partition coefficient (Wildman–Crippen LogP) is 1.23. The molecule has 0 spiro atoms. The Hall–Kier alpha value is -0.120. The maximum atomic E-state index is 5.03. The summed E-state index contributed by atoms with van der Waals surface area (Å²) in [6, 6.07) is 0. The molecule has 0 aromatic carbocycles. The van der Waals surface area contributed by atoms with Crippen molar-refractivity contribution in [2.45, 2.75) is 21.8 Å². The summed E-state index contributed by atoms with van der Waals surface area (Å²) in [4.78, 5) is 0. The molecule has 2 N–H and O–H groups in total. The fourth-order valence-electron chi connectivity index (χ4n) is 0.346. The second-order valence-corrected chi connectivity index (χ2v) is 1.27. The fourth-order valence-corrected chi connectivity index (χ4v) is 0.346. The first kappa shape index (κ1) is 16.5. The van der Waals surface area contributed by atoms with Crippen molar-refractivity contribution in [3.05, 3.63) is 0 Å². The molecule has 0 amide bonds. The lowest BCUT2D eigenvalue weighted by Gasteiger charge is -1.98. The molecule has 3 heteroatoms. The first-order valence-corrected chi connectivity index (χ1v) is 2.77. The molecule has 0 rings (SSSR count). The quantitative estimate of drug-likeness (QED) is 0.475. The third-order valence-electron chi connectivity index (χ3n) is 0.694. The van der Waals surface area contributed by atoms with E-state index in [1.807, 2.05) is 6.92 Å². The second kappa shape index (κ2) is 15.9. The van der Waals surface area contributed by atoms with Gasteiger partial charge in [-0.25, -0.2) is 0 Å². The van der Waals surface area contributed by atoms with E-state index in [4.69, 9.17) is 15.2 Å². The smallest absolute Gasteiger partial charge is 0.0941 e. The molecule has 0 aromatic rings. The van der Waals surface area contributed by atoms with Gasteiger partial charge in [0, 0.05) is 6.61 Å². The zero-order valence-corrected chi connectivity index (χ0v) is 5.22. The maximum absolute atomic E-state index is 5.03. The lowest BCUT2D eigenvalue weighted by atomic mass is 10.7. The normalized spacial score (nSPS) is 7.80. The van der Waals surface area contributed by atoms with Crippen LogP contribution in [-0.2, 0) is 9.47 Å².